The fourth-order valence-corrected chi connectivity index (χ4v) is 4.86. The quantitative estimate of drug-likeness (QED) is 0.322. The highest BCUT2D eigenvalue weighted by Crippen LogP contribution is 2.20. The molecule has 10 heteroatoms. The lowest BCUT2D eigenvalue weighted by molar-refractivity contribution is -0.132. The van der Waals surface area contributed by atoms with Gasteiger partial charge in [0.05, 0.1) is 42.3 Å². The smallest absolute Gasteiger partial charge is 0.138 e. The second-order valence-electron chi connectivity index (χ2n) is 8.67. The number of nitrogens with zero attached hydrogens (tertiary/aromatic N) is 1. The Hall–Kier alpha value is 0.270. The molecule has 0 amide bonds. The van der Waals surface area contributed by atoms with Crippen LogP contribution in [0.2, 0.25) is 0 Å². The number of carbonyl (C=O) groups is 1. The Bertz CT molecular complexity index is 546. The standard InChI is InChI=1S/C7H14NO2P.C7H16NOP.C7H13O2P.2CH4/c1-5-2-6(8-9)3-7(4-11)10-5;2*1-5-2-6(8)3-7(4-10)9-5;;/h5,7,9H,2-4,11H2,1H3;5-7H,2-4,8,10H2,1H3;5,7H,2-4,10H2,1H3;2*1H4/b8-6-;;;;/t;5-,6+,7-;;;/m.1.../s1. The van der Waals surface area contributed by atoms with Crippen LogP contribution in [-0.2, 0) is 19.0 Å². The van der Waals surface area contributed by atoms with E-state index in [0.717, 1.165) is 49.9 Å². The van der Waals surface area contributed by atoms with Gasteiger partial charge in [-0.2, -0.15) is 0 Å². The van der Waals surface area contributed by atoms with Gasteiger partial charge in [-0.15, -0.1) is 27.7 Å². The van der Waals surface area contributed by atoms with Crippen molar-refractivity contribution in [1.82, 2.24) is 0 Å². The van der Waals surface area contributed by atoms with E-state index in [2.05, 4.69) is 39.8 Å². The number of Topliss-reactive ketones (excluding diaryl/α,β-unsaturated/α-hetero) is 1. The van der Waals surface area contributed by atoms with Gasteiger partial charge < -0.3 is 25.2 Å². The van der Waals surface area contributed by atoms with Gasteiger partial charge in [0.15, 0.2) is 0 Å². The molecule has 0 radical (unpaired) electrons. The monoisotopic (exact) mass is 528 g/mol. The maximum atomic E-state index is 11.0. The summed E-state index contributed by atoms with van der Waals surface area (Å²) < 4.78 is 16.6. The minimum absolute atomic E-state index is 0. The van der Waals surface area contributed by atoms with Gasteiger partial charge in [0.1, 0.15) is 5.78 Å². The minimum atomic E-state index is 0. The maximum Gasteiger partial charge on any atom is 0.138 e. The summed E-state index contributed by atoms with van der Waals surface area (Å²) in [6.45, 7) is 6.04. The summed E-state index contributed by atoms with van der Waals surface area (Å²) in [6, 6.07) is 0.356. The maximum absolute atomic E-state index is 11.0. The van der Waals surface area contributed by atoms with Crippen LogP contribution in [0.15, 0.2) is 5.16 Å². The van der Waals surface area contributed by atoms with E-state index in [1.54, 1.807) is 0 Å². The van der Waals surface area contributed by atoms with E-state index in [-0.39, 0.29) is 39.3 Å². The average Bonchev–Trinajstić information content (AvgIpc) is 2.72. The normalized spacial score (nSPS) is 35.1. The van der Waals surface area contributed by atoms with Crippen molar-refractivity contribution in [2.45, 2.75) is 117 Å². The number of ether oxygens (including phenoxy) is 3. The van der Waals surface area contributed by atoms with Crippen molar-refractivity contribution in [2.75, 3.05) is 18.5 Å². The first kappa shape index (κ1) is 35.4. The van der Waals surface area contributed by atoms with Crippen molar-refractivity contribution in [1.29, 1.82) is 0 Å². The zero-order valence-electron chi connectivity index (χ0n) is 19.2. The van der Waals surface area contributed by atoms with Gasteiger partial charge in [0.25, 0.3) is 0 Å². The van der Waals surface area contributed by atoms with Gasteiger partial charge in [0.2, 0.25) is 0 Å². The number of carbonyl (C=O) groups excluding carboxylic acids is 1. The Kier molecular flexibility index (Phi) is 20.9. The topological polar surface area (TPSA) is 103 Å². The van der Waals surface area contributed by atoms with Gasteiger partial charge in [-0.25, -0.2) is 0 Å². The predicted molar refractivity (Wildman–Crippen MR) is 150 cm³/mol. The van der Waals surface area contributed by atoms with Gasteiger partial charge in [-0.3, -0.25) is 4.79 Å². The van der Waals surface area contributed by atoms with Crippen molar-refractivity contribution >= 4 is 39.2 Å². The number of ketones is 1. The van der Waals surface area contributed by atoms with Crippen LogP contribution in [0.1, 0.15) is 74.1 Å². The highest BCUT2D eigenvalue weighted by Gasteiger charge is 2.24. The Morgan fingerprint density at radius 1 is 0.818 bits per heavy atom. The van der Waals surface area contributed by atoms with Crippen molar-refractivity contribution in [3.63, 3.8) is 0 Å². The molecule has 0 aromatic heterocycles. The third kappa shape index (κ3) is 15.1. The molecule has 3 aliphatic rings. The largest absolute Gasteiger partial charge is 0.411 e. The lowest BCUT2D eigenvalue weighted by atomic mass is 10.0. The Balaban J connectivity index is 0. The van der Waals surface area contributed by atoms with E-state index < -0.39 is 0 Å². The van der Waals surface area contributed by atoms with Crippen molar-refractivity contribution in [3.05, 3.63) is 0 Å². The van der Waals surface area contributed by atoms with Crippen LogP contribution in [0.4, 0.5) is 0 Å². The molecular formula is C23H51N2O5P3. The molecule has 0 bridgehead atoms. The van der Waals surface area contributed by atoms with Crippen LogP contribution < -0.4 is 5.73 Å². The Morgan fingerprint density at radius 3 is 1.76 bits per heavy atom. The Morgan fingerprint density at radius 2 is 1.30 bits per heavy atom. The number of rotatable bonds is 3. The zero-order chi connectivity index (χ0) is 23.4. The second-order valence-corrected chi connectivity index (χ2v) is 10.1. The first-order valence-corrected chi connectivity index (χ1v) is 13.7. The van der Waals surface area contributed by atoms with Crippen molar-refractivity contribution in [2.24, 2.45) is 10.9 Å². The molecule has 0 aromatic carbocycles. The SMILES string of the molecule is C.C.CC1C/C(=N/O)CC(CP)O1.CC1CC(=O)CC(CP)O1.C[C@@H]1C[C@H](N)C[C@H](CP)O1. The molecule has 0 aliphatic carbocycles. The molecule has 3 fully saturated rings. The predicted octanol–water partition coefficient (Wildman–Crippen LogP) is 4.29. The summed E-state index contributed by atoms with van der Waals surface area (Å²) in [6.07, 6.45) is 8.99. The van der Waals surface area contributed by atoms with Gasteiger partial charge in [-0.1, -0.05) is 20.0 Å². The lowest BCUT2D eigenvalue weighted by Crippen LogP contribution is -2.39. The number of oxime groups is 1. The summed E-state index contributed by atoms with van der Waals surface area (Å²) in [5, 5.41) is 11.8. The molecule has 0 aromatic rings. The van der Waals surface area contributed by atoms with Crippen LogP contribution in [-0.4, -0.2) is 77.9 Å². The van der Waals surface area contributed by atoms with E-state index in [1.807, 2.05) is 13.8 Å². The van der Waals surface area contributed by atoms with Crippen LogP contribution >= 0.6 is 27.7 Å². The summed E-state index contributed by atoms with van der Waals surface area (Å²) >= 11 is 0. The van der Waals surface area contributed by atoms with Gasteiger partial charge >= 0.3 is 0 Å². The summed E-state index contributed by atoms with van der Waals surface area (Å²) in [5.41, 5.74) is 6.66. The highest BCUT2D eigenvalue weighted by molar-refractivity contribution is 7.16. The zero-order valence-corrected chi connectivity index (χ0v) is 22.7. The summed E-state index contributed by atoms with van der Waals surface area (Å²) in [4.78, 5) is 11.0. The first-order chi connectivity index (χ1) is 14.7. The van der Waals surface area contributed by atoms with Crippen LogP contribution in [0.25, 0.3) is 0 Å². The third-order valence-electron chi connectivity index (χ3n) is 5.36. The molecule has 7 nitrogen and oxygen atoms in total. The fraction of sp³-hybridized carbons (Fsp3) is 0.913. The summed E-state index contributed by atoms with van der Waals surface area (Å²) in [5.74, 6) is 0.339. The second kappa shape index (κ2) is 19.5. The fourth-order valence-electron chi connectivity index (χ4n) is 4.00. The van der Waals surface area contributed by atoms with E-state index in [4.69, 9.17) is 25.2 Å². The molecule has 33 heavy (non-hydrogen) atoms. The minimum Gasteiger partial charge on any atom is -0.411 e. The molecule has 0 spiro atoms. The number of hydrogen-bond acceptors (Lipinski definition) is 7. The van der Waals surface area contributed by atoms with E-state index in [0.29, 0.717) is 36.9 Å². The highest BCUT2D eigenvalue weighted by atomic mass is 31.0. The molecule has 3 rings (SSSR count). The van der Waals surface area contributed by atoms with Gasteiger partial charge in [0, 0.05) is 31.7 Å². The van der Waals surface area contributed by atoms with Gasteiger partial charge in [-0.05, 0) is 52.1 Å². The van der Waals surface area contributed by atoms with Crippen molar-refractivity contribution < 1.29 is 24.2 Å². The molecule has 3 saturated heterocycles. The van der Waals surface area contributed by atoms with E-state index >= 15 is 0 Å². The van der Waals surface area contributed by atoms with Crippen LogP contribution in [0.5, 0.6) is 0 Å². The lowest BCUT2D eigenvalue weighted by Gasteiger charge is -2.31. The molecule has 3 aliphatic heterocycles. The van der Waals surface area contributed by atoms with Crippen molar-refractivity contribution in [3.8, 4) is 0 Å². The molecular weight excluding hydrogens is 477 g/mol. The van der Waals surface area contributed by atoms with E-state index in [1.165, 1.54) is 0 Å². The number of nitrogens with two attached hydrogens (primary N) is 1. The Labute approximate surface area is 209 Å². The third-order valence-corrected chi connectivity index (χ3v) is 6.94. The van der Waals surface area contributed by atoms with Crippen LogP contribution in [0.3, 0.4) is 0 Å². The molecule has 3 heterocycles. The van der Waals surface area contributed by atoms with Crippen LogP contribution in [0, 0.1) is 0 Å². The molecule has 0 saturated carbocycles. The average molecular weight is 529 g/mol. The first-order valence-electron chi connectivity index (χ1n) is 11.2. The molecule has 3 N–H and O–H groups in total. The number of hydrogen-bond donors (Lipinski definition) is 2. The molecule has 198 valence electrons. The molecule has 7 unspecified atom stereocenters. The summed E-state index contributed by atoms with van der Waals surface area (Å²) in [7, 11) is 7.94. The van der Waals surface area contributed by atoms with E-state index in [9.17, 15) is 4.79 Å². The molecule has 10 atom stereocenters.